The number of nitrogens with one attached hydrogen (secondary N) is 2. The molecule has 6 heteroatoms. The van der Waals surface area contributed by atoms with Crippen molar-refractivity contribution in [2.45, 2.75) is 13.0 Å². The molecule has 0 bridgehead atoms. The van der Waals surface area contributed by atoms with Crippen LogP contribution in [0.25, 0.3) is 0 Å². The minimum atomic E-state index is -0.343. The van der Waals surface area contributed by atoms with Gasteiger partial charge in [0.25, 0.3) is 5.56 Å². The zero-order chi connectivity index (χ0) is 12.3. The first kappa shape index (κ1) is 11.1. The molecule has 17 heavy (non-hydrogen) atoms. The molecule has 0 saturated heterocycles. The Labute approximate surface area is 97.9 Å². The average Bonchev–Trinajstić information content (AvgIpc) is 2.36. The number of hydrogen-bond donors (Lipinski definition) is 3. The van der Waals surface area contributed by atoms with Gasteiger partial charge < -0.3 is 16.0 Å². The van der Waals surface area contributed by atoms with E-state index in [1.807, 2.05) is 19.1 Å². The predicted molar refractivity (Wildman–Crippen MR) is 65.5 cm³/mol. The van der Waals surface area contributed by atoms with Crippen molar-refractivity contribution in [3.63, 3.8) is 0 Å². The lowest BCUT2D eigenvalue weighted by atomic mass is 10.1. The number of aromatic nitrogens is 3. The van der Waals surface area contributed by atoms with E-state index in [1.54, 1.807) is 12.4 Å². The number of nitrogen functional groups attached to an aromatic ring is 1. The highest BCUT2D eigenvalue weighted by atomic mass is 16.1. The van der Waals surface area contributed by atoms with Crippen molar-refractivity contribution in [2.75, 3.05) is 11.1 Å². The van der Waals surface area contributed by atoms with Crippen LogP contribution in [0.4, 0.5) is 11.5 Å². The largest absolute Gasteiger partial charge is 0.391 e. The molecule has 2 rings (SSSR count). The molecule has 1 unspecified atom stereocenters. The highest BCUT2D eigenvalue weighted by molar-refractivity contribution is 5.59. The molecule has 0 amide bonds. The first-order valence-corrected chi connectivity index (χ1v) is 5.18. The van der Waals surface area contributed by atoms with E-state index >= 15 is 0 Å². The third-order valence-electron chi connectivity index (χ3n) is 2.45. The summed E-state index contributed by atoms with van der Waals surface area (Å²) in [4.78, 5) is 21.6. The van der Waals surface area contributed by atoms with E-state index in [-0.39, 0.29) is 17.3 Å². The van der Waals surface area contributed by atoms with E-state index in [4.69, 9.17) is 5.73 Å². The van der Waals surface area contributed by atoms with E-state index in [9.17, 15) is 4.79 Å². The summed E-state index contributed by atoms with van der Waals surface area (Å²) in [6.45, 7) is 1.96. The Bertz CT molecular complexity index is 551. The van der Waals surface area contributed by atoms with Crippen LogP contribution in [0, 0.1) is 0 Å². The Morgan fingerprint density at radius 1 is 1.41 bits per heavy atom. The number of anilines is 2. The van der Waals surface area contributed by atoms with E-state index in [0.717, 1.165) is 5.56 Å². The van der Waals surface area contributed by atoms with Gasteiger partial charge in [0, 0.05) is 12.4 Å². The van der Waals surface area contributed by atoms with Crippen molar-refractivity contribution in [3.05, 3.63) is 46.8 Å². The fourth-order valence-electron chi connectivity index (χ4n) is 1.47. The number of pyridine rings is 1. The number of rotatable bonds is 3. The van der Waals surface area contributed by atoms with Gasteiger partial charge in [-0.25, -0.2) is 4.98 Å². The van der Waals surface area contributed by atoms with E-state index < -0.39 is 0 Å². The number of nitrogens with two attached hydrogens (primary N) is 1. The zero-order valence-electron chi connectivity index (χ0n) is 9.34. The fraction of sp³-hybridized carbons (Fsp3) is 0.182. The molecule has 0 radical (unpaired) electrons. The van der Waals surface area contributed by atoms with E-state index in [0.29, 0.717) is 5.82 Å². The smallest absolute Gasteiger partial charge is 0.276 e. The highest BCUT2D eigenvalue weighted by Crippen LogP contribution is 2.18. The van der Waals surface area contributed by atoms with Gasteiger partial charge in [0.05, 0.1) is 12.4 Å². The second kappa shape index (κ2) is 4.65. The molecule has 0 spiro atoms. The highest BCUT2D eigenvalue weighted by Gasteiger charge is 2.09. The Morgan fingerprint density at radius 3 is 2.82 bits per heavy atom. The lowest BCUT2D eigenvalue weighted by Gasteiger charge is -2.15. The average molecular weight is 231 g/mol. The van der Waals surface area contributed by atoms with Gasteiger partial charge in [-0.15, -0.1) is 0 Å². The molecule has 0 aromatic carbocycles. The Morgan fingerprint density at radius 2 is 2.12 bits per heavy atom. The Balaban J connectivity index is 2.22. The summed E-state index contributed by atoms with van der Waals surface area (Å²) in [7, 11) is 0. The minimum absolute atomic E-state index is 0.00500. The van der Waals surface area contributed by atoms with Crippen LogP contribution in [0.5, 0.6) is 0 Å². The van der Waals surface area contributed by atoms with Crippen LogP contribution in [-0.2, 0) is 0 Å². The zero-order valence-corrected chi connectivity index (χ0v) is 9.34. The van der Waals surface area contributed by atoms with Gasteiger partial charge in [-0.3, -0.25) is 9.78 Å². The maximum Gasteiger partial charge on any atom is 0.276 e. The predicted octanol–water partition coefficient (Wildman–Crippen LogP) is 0.920. The molecular formula is C11H13N5O. The SMILES string of the molecule is CC(Nc1nc[nH]c(=O)c1N)c1ccncc1. The summed E-state index contributed by atoms with van der Waals surface area (Å²) in [6, 6.07) is 3.77. The molecule has 0 aliphatic carbocycles. The molecule has 6 nitrogen and oxygen atoms in total. The van der Waals surface area contributed by atoms with Crippen LogP contribution in [0.1, 0.15) is 18.5 Å². The van der Waals surface area contributed by atoms with Gasteiger partial charge in [0.15, 0.2) is 5.82 Å². The summed E-state index contributed by atoms with van der Waals surface area (Å²) in [5.41, 5.74) is 6.42. The fourth-order valence-corrected chi connectivity index (χ4v) is 1.47. The van der Waals surface area contributed by atoms with Crippen molar-refractivity contribution in [3.8, 4) is 0 Å². The summed E-state index contributed by atoms with van der Waals surface area (Å²) >= 11 is 0. The van der Waals surface area contributed by atoms with E-state index in [1.165, 1.54) is 6.33 Å². The normalized spacial score (nSPS) is 12.1. The van der Waals surface area contributed by atoms with Gasteiger partial charge in [0.1, 0.15) is 5.69 Å². The summed E-state index contributed by atoms with van der Waals surface area (Å²) in [6.07, 6.45) is 4.74. The minimum Gasteiger partial charge on any atom is -0.391 e. The Kier molecular flexibility index (Phi) is 3.04. The molecule has 2 aromatic heterocycles. The molecule has 2 heterocycles. The van der Waals surface area contributed by atoms with Crippen LogP contribution in [0.2, 0.25) is 0 Å². The van der Waals surface area contributed by atoms with Gasteiger partial charge in [0.2, 0.25) is 0 Å². The summed E-state index contributed by atoms with van der Waals surface area (Å²) in [5.74, 6) is 0.387. The second-order valence-corrected chi connectivity index (χ2v) is 3.64. The van der Waals surface area contributed by atoms with Gasteiger partial charge >= 0.3 is 0 Å². The quantitative estimate of drug-likeness (QED) is 0.729. The molecule has 4 N–H and O–H groups in total. The van der Waals surface area contributed by atoms with Crippen molar-refractivity contribution in [2.24, 2.45) is 0 Å². The molecule has 0 fully saturated rings. The first-order chi connectivity index (χ1) is 8.18. The maximum absolute atomic E-state index is 11.3. The Hall–Kier alpha value is -2.37. The van der Waals surface area contributed by atoms with Crippen molar-refractivity contribution >= 4 is 11.5 Å². The number of aromatic amines is 1. The van der Waals surface area contributed by atoms with Crippen LogP contribution >= 0.6 is 0 Å². The molecule has 1 atom stereocenters. The second-order valence-electron chi connectivity index (χ2n) is 3.64. The number of hydrogen-bond acceptors (Lipinski definition) is 5. The molecule has 0 aliphatic rings. The third kappa shape index (κ3) is 2.41. The van der Waals surface area contributed by atoms with Crippen molar-refractivity contribution in [1.82, 2.24) is 15.0 Å². The molecule has 2 aromatic rings. The van der Waals surface area contributed by atoms with Gasteiger partial charge in [-0.2, -0.15) is 0 Å². The number of H-pyrrole nitrogens is 1. The maximum atomic E-state index is 11.3. The lowest BCUT2D eigenvalue weighted by Crippen LogP contribution is -2.17. The topological polar surface area (TPSA) is 96.7 Å². The third-order valence-corrected chi connectivity index (χ3v) is 2.45. The lowest BCUT2D eigenvalue weighted by molar-refractivity contribution is 0.868. The van der Waals surface area contributed by atoms with Crippen molar-refractivity contribution < 1.29 is 0 Å². The number of nitrogens with zero attached hydrogens (tertiary/aromatic N) is 2. The molecular weight excluding hydrogens is 218 g/mol. The van der Waals surface area contributed by atoms with Crippen LogP contribution < -0.4 is 16.6 Å². The van der Waals surface area contributed by atoms with Gasteiger partial charge in [-0.1, -0.05) is 0 Å². The van der Waals surface area contributed by atoms with Crippen molar-refractivity contribution in [1.29, 1.82) is 0 Å². The van der Waals surface area contributed by atoms with Crippen LogP contribution in [0.15, 0.2) is 35.6 Å². The summed E-state index contributed by atoms with van der Waals surface area (Å²) in [5, 5.41) is 3.08. The van der Waals surface area contributed by atoms with E-state index in [2.05, 4.69) is 20.3 Å². The molecule has 88 valence electrons. The monoisotopic (exact) mass is 231 g/mol. The van der Waals surface area contributed by atoms with Crippen LogP contribution in [0.3, 0.4) is 0 Å². The standard InChI is InChI=1S/C11H13N5O/c1-7(8-2-4-13-5-3-8)16-10-9(12)11(17)15-6-14-10/h2-7H,12H2,1H3,(H2,14,15,16,17). The van der Waals surface area contributed by atoms with Crippen LogP contribution in [-0.4, -0.2) is 15.0 Å². The molecule has 0 saturated carbocycles. The molecule has 0 aliphatic heterocycles. The first-order valence-electron chi connectivity index (χ1n) is 5.18. The summed E-state index contributed by atoms with van der Waals surface area (Å²) < 4.78 is 0. The van der Waals surface area contributed by atoms with Gasteiger partial charge in [-0.05, 0) is 24.6 Å².